The average Bonchev–Trinajstić information content (AvgIpc) is 2.19. The third kappa shape index (κ3) is 1.88. The fourth-order valence-electron chi connectivity index (χ4n) is 1.53. The zero-order chi connectivity index (χ0) is 9.97. The molecule has 0 aliphatic carbocycles. The van der Waals surface area contributed by atoms with Crippen LogP contribution in [0.3, 0.4) is 0 Å². The Morgan fingerprint density at radius 2 is 1.71 bits per heavy atom. The van der Waals surface area contributed by atoms with E-state index < -0.39 is 0 Å². The Kier molecular flexibility index (Phi) is 2.69. The first-order valence-electron chi connectivity index (χ1n) is 4.61. The van der Waals surface area contributed by atoms with Gasteiger partial charge in [0.1, 0.15) is 0 Å². The molecule has 0 aliphatic rings. The zero-order valence-corrected chi connectivity index (χ0v) is 9.58. The molecule has 70 valence electrons. The van der Waals surface area contributed by atoms with Crippen LogP contribution < -0.4 is 0 Å². The second-order valence-corrected chi connectivity index (χ2v) is 4.17. The van der Waals surface area contributed by atoms with E-state index in [0.29, 0.717) is 0 Å². The molecule has 0 aromatic heterocycles. The van der Waals surface area contributed by atoms with Gasteiger partial charge in [0.15, 0.2) is 0 Å². The summed E-state index contributed by atoms with van der Waals surface area (Å²) in [6.45, 7) is 2.03. The Morgan fingerprint density at radius 3 is 2.50 bits per heavy atom. The quantitative estimate of drug-likeness (QED) is 0.688. The summed E-state index contributed by atoms with van der Waals surface area (Å²) in [6.07, 6.45) is 4.17. The highest BCUT2D eigenvalue weighted by Gasteiger charge is 1.94. The van der Waals surface area contributed by atoms with Crippen molar-refractivity contribution in [1.29, 1.82) is 0 Å². The van der Waals surface area contributed by atoms with Gasteiger partial charge < -0.3 is 0 Å². The summed E-state index contributed by atoms with van der Waals surface area (Å²) < 4.78 is 1.13. The van der Waals surface area contributed by atoms with Gasteiger partial charge in [0.05, 0.1) is 0 Å². The van der Waals surface area contributed by atoms with Crippen molar-refractivity contribution in [1.82, 2.24) is 0 Å². The van der Waals surface area contributed by atoms with Crippen LogP contribution in [0, 0.1) is 0 Å². The van der Waals surface area contributed by atoms with Crippen LogP contribution in [-0.2, 0) is 0 Å². The van der Waals surface area contributed by atoms with Crippen LogP contribution in [0.4, 0.5) is 0 Å². The van der Waals surface area contributed by atoms with Gasteiger partial charge in [0, 0.05) is 4.47 Å². The molecule has 0 heterocycles. The standard InChI is InChI=1S/C13H11Br/c1-2-3-10-4-5-12-9-13(14)7-6-11(12)8-10/h2-9H,1H3/b3-2+. The first-order chi connectivity index (χ1) is 6.79. The molecule has 0 bridgehead atoms. The van der Waals surface area contributed by atoms with Crippen molar-refractivity contribution in [3.05, 3.63) is 52.5 Å². The molecule has 0 nitrogen and oxygen atoms in total. The third-order valence-corrected chi connectivity index (χ3v) is 2.68. The van der Waals surface area contributed by atoms with Gasteiger partial charge in [-0.2, -0.15) is 0 Å². The lowest BCUT2D eigenvalue weighted by molar-refractivity contribution is 1.66. The van der Waals surface area contributed by atoms with Crippen molar-refractivity contribution in [2.24, 2.45) is 0 Å². The number of rotatable bonds is 1. The largest absolute Gasteiger partial charge is 0.0871 e. The molecule has 1 heteroatoms. The maximum Gasteiger partial charge on any atom is 0.0181 e. The predicted molar refractivity (Wildman–Crippen MR) is 66.4 cm³/mol. The first kappa shape index (κ1) is 9.47. The Bertz CT molecular complexity index is 484. The van der Waals surface area contributed by atoms with Gasteiger partial charge in [-0.15, -0.1) is 0 Å². The molecule has 0 spiro atoms. The van der Waals surface area contributed by atoms with Crippen molar-refractivity contribution in [3.63, 3.8) is 0 Å². The molecular formula is C13H11Br. The second kappa shape index (κ2) is 3.97. The number of halogens is 1. The highest BCUT2D eigenvalue weighted by atomic mass is 79.9. The molecule has 0 saturated carbocycles. The number of allylic oxidation sites excluding steroid dienone is 1. The van der Waals surface area contributed by atoms with E-state index in [-0.39, 0.29) is 0 Å². The molecule has 0 N–H and O–H groups in total. The molecule has 0 aliphatic heterocycles. The second-order valence-electron chi connectivity index (χ2n) is 3.25. The van der Waals surface area contributed by atoms with E-state index >= 15 is 0 Å². The van der Waals surface area contributed by atoms with Gasteiger partial charge in [-0.1, -0.05) is 46.3 Å². The minimum Gasteiger partial charge on any atom is -0.0871 e. The van der Waals surface area contributed by atoms with Gasteiger partial charge in [-0.25, -0.2) is 0 Å². The SMILES string of the molecule is C/C=C/c1ccc2cc(Br)ccc2c1. The average molecular weight is 247 g/mol. The van der Waals surface area contributed by atoms with E-state index in [4.69, 9.17) is 0 Å². The summed E-state index contributed by atoms with van der Waals surface area (Å²) >= 11 is 3.47. The highest BCUT2D eigenvalue weighted by molar-refractivity contribution is 9.10. The molecule has 2 aromatic carbocycles. The van der Waals surface area contributed by atoms with Crippen molar-refractivity contribution in [3.8, 4) is 0 Å². The van der Waals surface area contributed by atoms with Crippen molar-refractivity contribution in [2.45, 2.75) is 6.92 Å². The lowest BCUT2D eigenvalue weighted by Crippen LogP contribution is -1.75. The maximum atomic E-state index is 3.47. The third-order valence-electron chi connectivity index (χ3n) is 2.19. The Morgan fingerprint density at radius 1 is 1.00 bits per heavy atom. The van der Waals surface area contributed by atoms with Gasteiger partial charge in [0.2, 0.25) is 0 Å². The molecule has 0 fully saturated rings. The van der Waals surface area contributed by atoms with Crippen LogP contribution in [0.15, 0.2) is 46.9 Å². The topological polar surface area (TPSA) is 0 Å². The molecule has 0 amide bonds. The van der Waals surface area contributed by atoms with Crippen LogP contribution >= 0.6 is 15.9 Å². The maximum absolute atomic E-state index is 3.47. The summed E-state index contributed by atoms with van der Waals surface area (Å²) in [5.41, 5.74) is 1.25. The summed E-state index contributed by atoms with van der Waals surface area (Å²) in [7, 11) is 0. The van der Waals surface area contributed by atoms with E-state index in [0.717, 1.165) is 4.47 Å². The normalized spacial score (nSPS) is 11.3. The summed E-state index contributed by atoms with van der Waals surface area (Å²) in [5.74, 6) is 0. The van der Waals surface area contributed by atoms with Crippen molar-refractivity contribution in [2.75, 3.05) is 0 Å². The fourth-order valence-corrected chi connectivity index (χ4v) is 1.91. The molecule has 0 unspecified atom stereocenters. The minimum absolute atomic E-state index is 1.13. The minimum atomic E-state index is 1.13. The Hall–Kier alpha value is -1.08. The Balaban J connectivity index is 2.61. The first-order valence-corrected chi connectivity index (χ1v) is 5.41. The molecule has 0 saturated heterocycles. The van der Waals surface area contributed by atoms with Crippen LogP contribution in [-0.4, -0.2) is 0 Å². The number of fused-ring (bicyclic) bond motifs is 1. The molecule has 2 rings (SSSR count). The predicted octanol–water partition coefficient (Wildman–Crippen LogP) is 4.64. The lowest BCUT2D eigenvalue weighted by Gasteiger charge is -2.00. The van der Waals surface area contributed by atoms with Gasteiger partial charge in [0.25, 0.3) is 0 Å². The molecule has 0 atom stereocenters. The zero-order valence-electron chi connectivity index (χ0n) is 8.00. The van der Waals surface area contributed by atoms with Crippen molar-refractivity contribution < 1.29 is 0 Å². The van der Waals surface area contributed by atoms with Gasteiger partial charge in [-0.3, -0.25) is 0 Å². The highest BCUT2D eigenvalue weighted by Crippen LogP contribution is 2.21. The van der Waals surface area contributed by atoms with Crippen LogP contribution in [0.25, 0.3) is 16.8 Å². The van der Waals surface area contributed by atoms with Gasteiger partial charge in [-0.05, 0) is 41.5 Å². The van der Waals surface area contributed by atoms with Crippen molar-refractivity contribution >= 4 is 32.8 Å². The molecular weight excluding hydrogens is 236 g/mol. The van der Waals surface area contributed by atoms with Gasteiger partial charge >= 0.3 is 0 Å². The lowest BCUT2D eigenvalue weighted by atomic mass is 10.1. The molecule has 2 aromatic rings. The summed E-state index contributed by atoms with van der Waals surface area (Å²) in [5, 5.41) is 2.55. The number of hydrogen-bond acceptors (Lipinski definition) is 0. The van der Waals surface area contributed by atoms with E-state index in [9.17, 15) is 0 Å². The number of benzene rings is 2. The monoisotopic (exact) mass is 246 g/mol. The smallest absolute Gasteiger partial charge is 0.0181 e. The van der Waals surface area contributed by atoms with Crippen LogP contribution in [0.2, 0.25) is 0 Å². The number of hydrogen-bond donors (Lipinski definition) is 0. The van der Waals surface area contributed by atoms with E-state index in [1.807, 2.05) is 6.92 Å². The Labute approximate surface area is 92.4 Å². The summed E-state index contributed by atoms with van der Waals surface area (Å²) in [4.78, 5) is 0. The molecule has 0 radical (unpaired) electrons. The summed E-state index contributed by atoms with van der Waals surface area (Å²) in [6, 6.07) is 12.8. The van der Waals surface area contributed by atoms with E-state index in [1.54, 1.807) is 0 Å². The van der Waals surface area contributed by atoms with E-state index in [2.05, 4.69) is 64.5 Å². The fraction of sp³-hybridized carbons (Fsp3) is 0.0769. The van der Waals surface area contributed by atoms with Crippen LogP contribution in [0.1, 0.15) is 12.5 Å². The van der Waals surface area contributed by atoms with E-state index in [1.165, 1.54) is 16.3 Å². The molecule has 14 heavy (non-hydrogen) atoms. The van der Waals surface area contributed by atoms with Crippen LogP contribution in [0.5, 0.6) is 0 Å².